The molecule has 0 amide bonds. The van der Waals surface area contributed by atoms with Gasteiger partial charge in [-0.15, -0.1) is 5.54 Å². The molecule has 1 atom stereocenters. The predicted octanol–water partition coefficient (Wildman–Crippen LogP) is 3.28. The summed E-state index contributed by atoms with van der Waals surface area (Å²) in [5.41, 5.74) is 3.10. The Labute approximate surface area is 144 Å². The van der Waals surface area contributed by atoms with Crippen LogP contribution in [0.1, 0.15) is 26.3 Å². The van der Waals surface area contributed by atoms with Crippen molar-refractivity contribution in [1.29, 1.82) is 0 Å². The van der Waals surface area contributed by atoms with Crippen LogP contribution in [0.3, 0.4) is 0 Å². The molecule has 0 saturated carbocycles. The highest BCUT2D eigenvalue weighted by Gasteiger charge is 2.53. The lowest BCUT2D eigenvalue weighted by atomic mass is 9.72. The van der Waals surface area contributed by atoms with Gasteiger partial charge in [0.15, 0.2) is 5.92 Å². The second kappa shape index (κ2) is 6.10. The van der Waals surface area contributed by atoms with Crippen LogP contribution in [0.2, 0.25) is 19.6 Å². The number of carbonyl (C=O) groups is 2. The summed E-state index contributed by atoms with van der Waals surface area (Å²) in [5, 5.41) is 0. The zero-order chi connectivity index (χ0) is 18.2. The molecule has 5 heteroatoms. The summed E-state index contributed by atoms with van der Waals surface area (Å²) < 4.78 is 10.6. The first-order valence-corrected chi connectivity index (χ1v) is 11.5. The van der Waals surface area contributed by atoms with Gasteiger partial charge in [-0.3, -0.25) is 9.59 Å². The van der Waals surface area contributed by atoms with E-state index in [1.807, 2.05) is 30.3 Å². The Morgan fingerprint density at radius 1 is 1.04 bits per heavy atom. The molecule has 1 aromatic carbocycles. The maximum atomic E-state index is 12.6. The molecule has 1 fully saturated rings. The summed E-state index contributed by atoms with van der Waals surface area (Å²) in [6.07, 6.45) is 0. The van der Waals surface area contributed by atoms with Crippen LogP contribution < -0.4 is 0 Å². The van der Waals surface area contributed by atoms with Crippen molar-refractivity contribution < 1.29 is 19.1 Å². The van der Waals surface area contributed by atoms with Gasteiger partial charge >= 0.3 is 11.9 Å². The van der Waals surface area contributed by atoms with Gasteiger partial charge in [-0.25, -0.2) is 0 Å². The average Bonchev–Trinajstić information content (AvgIpc) is 2.43. The molecule has 1 heterocycles. The van der Waals surface area contributed by atoms with Crippen LogP contribution in [0.4, 0.5) is 0 Å². The predicted molar refractivity (Wildman–Crippen MR) is 94.7 cm³/mol. The van der Waals surface area contributed by atoms with Crippen LogP contribution in [0, 0.1) is 17.4 Å². The van der Waals surface area contributed by atoms with Gasteiger partial charge in [0, 0.05) is 13.8 Å². The SMILES string of the molecule is CC1(C)OC(=O)C(C(C)(C#C[Si](C)(C)C)c2ccccc2)C(=O)O1. The lowest BCUT2D eigenvalue weighted by Crippen LogP contribution is -2.53. The number of cyclic esters (lactones) is 2. The Kier molecular flexibility index (Phi) is 4.65. The van der Waals surface area contributed by atoms with Gasteiger partial charge in [-0.1, -0.05) is 55.9 Å². The van der Waals surface area contributed by atoms with E-state index in [2.05, 4.69) is 31.1 Å². The minimum Gasteiger partial charge on any atom is -0.422 e. The molecule has 1 aliphatic rings. The van der Waals surface area contributed by atoms with Crippen molar-refractivity contribution in [2.45, 2.75) is 51.6 Å². The van der Waals surface area contributed by atoms with E-state index in [1.54, 1.807) is 20.8 Å². The van der Waals surface area contributed by atoms with E-state index in [0.717, 1.165) is 5.56 Å². The highest BCUT2D eigenvalue weighted by Crippen LogP contribution is 2.38. The van der Waals surface area contributed by atoms with Crippen molar-refractivity contribution in [3.63, 3.8) is 0 Å². The van der Waals surface area contributed by atoms with Crippen LogP contribution in [0.25, 0.3) is 0 Å². The van der Waals surface area contributed by atoms with Crippen molar-refractivity contribution >= 4 is 20.0 Å². The number of hydrogen-bond acceptors (Lipinski definition) is 4. The van der Waals surface area contributed by atoms with Gasteiger partial charge in [0.25, 0.3) is 5.79 Å². The van der Waals surface area contributed by atoms with Crippen LogP contribution in [-0.4, -0.2) is 25.8 Å². The molecule has 1 aromatic rings. The third-order valence-electron chi connectivity index (χ3n) is 3.81. The summed E-state index contributed by atoms with van der Waals surface area (Å²) in [6.45, 7) is 11.3. The fourth-order valence-corrected chi connectivity index (χ4v) is 3.24. The highest BCUT2D eigenvalue weighted by molar-refractivity contribution is 6.83. The molecule has 0 aromatic heterocycles. The number of benzene rings is 1. The zero-order valence-electron chi connectivity index (χ0n) is 15.1. The van der Waals surface area contributed by atoms with Crippen molar-refractivity contribution in [1.82, 2.24) is 0 Å². The van der Waals surface area contributed by atoms with Crippen molar-refractivity contribution in [2.24, 2.45) is 5.92 Å². The van der Waals surface area contributed by atoms with Gasteiger partial charge in [0.2, 0.25) is 0 Å². The van der Waals surface area contributed by atoms with Crippen molar-refractivity contribution in [2.75, 3.05) is 0 Å². The Morgan fingerprint density at radius 3 is 2.00 bits per heavy atom. The van der Waals surface area contributed by atoms with E-state index in [4.69, 9.17) is 9.47 Å². The molecule has 0 aliphatic carbocycles. The molecule has 1 aliphatic heterocycles. The molecule has 0 N–H and O–H groups in total. The minimum absolute atomic E-state index is 0.590. The van der Waals surface area contributed by atoms with Crippen LogP contribution >= 0.6 is 0 Å². The molecular formula is C19H24O4Si. The first-order chi connectivity index (χ1) is 10.9. The van der Waals surface area contributed by atoms with Gasteiger partial charge in [-0.05, 0) is 12.5 Å². The summed E-state index contributed by atoms with van der Waals surface area (Å²) in [5.74, 6) is -0.302. The number of hydrogen-bond donors (Lipinski definition) is 0. The van der Waals surface area contributed by atoms with Gasteiger partial charge in [0.1, 0.15) is 8.07 Å². The molecule has 1 unspecified atom stereocenters. The molecule has 2 rings (SSSR count). The second-order valence-corrected chi connectivity index (χ2v) is 12.5. The van der Waals surface area contributed by atoms with Crippen molar-refractivity contribution in [3.8, 4) is 11.5 Å². The van der Waals surface area contributed by atoms with E-state index in [0.29, 0.717) is 0 Å². The Morgan fingerprint density at radius 2 is 1.54 bits per heavy atom. The van der Waals surface area contributed by atoms with Crippen LogP contribution in [-0.2, 0) is 24.5 Å². The Bertz CT molecular complexity index is 686. The zero-order valence-corrected chi connectivity index (χ0v) is 16.1. The number of carbonyl (C=O) groups excluding carboxylic acids is 2. The summed E-state index contributed by atoms with van der Waals surface area (Å²) in [7, 11) is -1.70. The number of esters is 2. The fourth-order valence-electron chi connectivity index (χ4n) is 2.60. The van der Waals surface area contributed by atoms with E-state index < -0.39 is 37.1 Å². The third kappa shape index (κ3) is 3.88. The summed E-state index contributed by atoms with van der Waals surface area (Å²) in [4.78, 5) is 25.2. The normalized spacial score (nSPS) is 20.2. The average molecular weight is 344 g/mol. The first kappa shape index (κ1) is 18.3. The molecule has 4 nitrogen and oxygen atoms in total. The smallest absolute Gasteiger partial charge is 0.325 e. The first-order valence-electron chi connectivity index (χ1n) is 8.00. The molecule has 1 saturated heterocycles. The van der Waals surface area contributed by atoms with Crippen LogP contribution in [0.15, 0.2) is 30.3 Å². The topological polar surface area (TPSA) is 52.6 Å². The van der Waals surface area contributed by atoms with Gasteiger partial charge in [0.05, 0.1) is 5.41 Å². The van der Waals surface area contributed by atoms with Gasteiger partial charge in [-0.2, -0.15) is 0 Å². The molecular weight excluding hydrogens is 320 g/mol. The van der Waals surface area contributed by atoms with E-state index in [-0.39, 0.29) is 0 Å². The largest absolute Gasteiger partial charge is 0.422 e. The van der Waals surface area contributed by atoms with E-state index >= 15 is 0 Å². The van der Waals surface area contributed by atoms with E-state index in [9.17, 15) is 9.59 Å². The highest BCUT2D eigenvalue weighted by atomic mass is 28.3. The maximum Gasteiger partial charge on any atom is 0.325 e. The third-order valence-corrected chi connectivity index (χ3v) is 4.69. The second-order valence-electron chi connectivity index (χ2n) is 7.74. The molecule has 128 valence electrons. The minimum atomic E-state index is -1.70. The molecule has 0 radical (unpaired) electrons. The number of rotatable bonds is 2. The van der Waals surface area contributed by atoms with Crippen LogP contribution in [0.5, 0.6) is 0 Å². The standard InChI is InChI=1S/C19H24O4Si/c1-18(2)22-16(20)15(17(21)23-18)19(3,12-13-24(4,5)6)14-10-8-7-9-11-14/h7-11,15H,1-6H3. The van der Waals surface area contributed by atoms with Crippen molar-refractivity contribution in [3.05, 3.63) is 35.9 Å². The van der Waals surface area contributed by atoms with Gasteiger partial charge < -0.3 is 9.47 Å². The monoisotopic (exact) mass is 344 g/mol. The Hall–Kier alpha value is -2.06. The van der Waals surface area contributed by atoms with E-state index in [1.165, 1.54) is 0 Å². The fraction of sp³-hybridized carbons (Fsp3) is 0.474. The Balaban J connectivity index is 2.57. The molecule has 24 heavy (non-hydrogen) atoms. The molecule has 0 spiro atoms. The summed E-state index contributed by atoms with van der Waals surface area (Å²) in [6, 6.07) is 9.37. The quantitative estimate of drug-likeness (QED) is 0.358. The summed E-state index contributed by atoms with van der Waals surface area (Å²) >= 11 is 0. The number of ether oxygens (including phenoxy) is 2. The lowest BCUT2D eigenvalue weighted by Gasteiger charge is -2.39. The maximum absolute atomic E-state index is 12.6. The molecule has 0 bridgehead atoms. The lowest BCUT2D eigenvalue weighted by molar-refractivity contribution is -0.242.